The number of nitrogens with two attached hydrogens (primary N) is 1. The Bertz CT molecular complexity index is 378. The van der Waals surface area contributed by atoms with Crippen LogP contribution in [0, 0.1) is 5.92 Å². The van der Waals surface area contributed by atoms with Crippen LogP contribution in [-0.2, 0) is 4.79 Å². The van der Waals surface area contributed by atoms with Crippen LogP contribution in [0.4, 0.5) is 5.69 Å². The maximum atomic E-state index is 11.7. The van der Waals surface area contributed by atoms with Crippen LogP contribution in [0.15, 0.2) is 18.2 Å². The molecule has 0 spiro atoms. The molecule has 88 valence electrons. The average molecular weight is 261 g/mol. The number of anilines is 1. The lowest BCUT2D eigenvalue weighted by Gasteiger charge is -2.13. The van der Waals surface area contributed by atoms with Crippen molar-refractivity contribution in [1.29, 1.82) is 0 Å². The standard InChI is InChI=1S/C11H14Cl2N2O/c1-2-7(6-14)11(16)15-10-4-3-8(12)5-9(10)13/h3-5,7H,2,6,14H2,1H3,(H,15,16). The molecule has 0 aliphatic carbocycles. The summed E-state index contributed by atoms with van der Waals surface area (Å²) in [5.41, 5.74) is 6.04. The first kappa shape index (κ1) is 13.3. The van der Waals surface area contributed by atoms with Crippen LogP contribution >= 0.6 is 23.2 Å². The van der Waals surface area contributed by atoms with Crippen LogP contribution in [0.3, 0.4) is 0 Å². The Kier molecular flexibility index (Phi) is 5.06. The second kappa shape index (κ2) is 6.09. The Labute approximate surface area is 105 Å². The van der Waals surface area contributed by atoms with Gasteiger partial charge in [-0.1, -0.05) is 30.1 Å². The van der Waals surface area contributed by atoms with Crippen molar-refractivity contribution >= 4 is 34.8 Å². The zero-order chi connectivity index (χ0) is 12.1. The predicted molar refractivity (Wildman–Crippen MR) is 67.9 cm³/mol. The summed E-state index contributed by atoms with van der Waals surface area (Å²) in [6.07, 6.45) is 0.702. The summed E-state index contributed by atoms with van der Waals surface area (Å²) in [6, 6.07) is 4.93. The van der Waals surface area contributed by atoms with Crippen molar-refractivity contribution in [3.63, 3.8) is 0 Å². The highest BCUT2D eigenvalue weighted by atomic mass is 35.5. The number of halogens is 2. The van der Waals surface area contributed by atoms with E-state index >= 15 is 0 Å². The van der Waals surface area contributed by atoms with E-state index in [-0.39, 0.29) is 11.8 Å². The molecule has 5 heteroatoms. The van der Waals surface area contributed by atoms with Gasteiger partial charge in [0.15, 0.2) is 0 Å². The first-order valence-electron chi connectivity index (χ1n) is 5.04. The molecule has 3 N–H and O–H groups in total. The minimum Gasteiger partial charge on any atom is -0.330 e. The topological polar surface area (TPSA) is 55.1 Å². The highest BCUT2D eigenvalue weighted by Crippen LogP contribution is 2.25. The number of carbonyl (C=O) groups excluding carboxylic acids is 1. The van der Waals surface area contributed by atoms with Gasteiger partial charge >= 0.3 is 0 Å². The van der Waals surface area contributed by atoms with Crippen molar-refractivity contribution in [2.75, 3.05) is 11.9 Å². The van der Waals surface area contributed by atoms with Gasteiger partial charge in [0.2, 0.25) is 5.91 Å². The zero-order valence-electron chi connectivity index (χ0n) is 8.97. The summed E-state index contributed by atoms with van der Waals surface area (Å²) in [4.78, 5) is 11.7. The number of carbonyl (C=O) groups is 1. The molecule has 3 nitrogen and oxygen atoms in total. The van der Waals surface area contributed by atoms with E-state index in [0.717, 1.165) is 0 Å². The highest BCUT2D eigenvalue weighted by molar-refractivity contribution is 6.36. The van der Waals surface area contributed by atoms with E-state index < -0.39 is 0 Å². The molecular formula is C11H14Cl2N2O. The van der Waals surface area contributed by atoms with Gasteiger partial charge in [0.25, 0.3) is 0 Å². The van der Waals surface area contributed by atoms with Crippen molar-refractivity contribution < 1.29 is 4.79 Å². The van der Waals surface area contributed by atoms with Crippen molar-refractivity contribution in [2.24, 2.45) is 11.7 Å². The number of amides is 1. The lowest BCUT2D eigenvalue weighted by atomic mass is 10.1. The molecule has 0 saturated heterocycles. The van der Waals surface area contributed by atoms with Crippen LogP contribution in [0.2, 0.25) is 10.0 Å². The third-order valence-corrected chi connectivity index (χ3v) is 2.88. The molecule has 0 saturated carbocycles. The minimum absolute atomic E-state index is 0.116. The number of hydrogen-bond donors (Lipinski definition) is 2. The maximum Gasteiger partial charge on any atom is 0.228 e. The molecule has 0 radical (unpaired) electrons. The number of benzene rings is 1. The monoisotopic (exact) mass is 260 g/mol. The van der Waals surface area contributed by atoms with Crippen LogP contribution < -0.4 is 11.1 Å². The molecule has 0 heterocycles. The van der Waals surface area contributed by atoms with E-state index in [9.17, 15) is 4.79 Å². The van der Waals surface area contributed by atoms with Crippen LogP contribution in [-0.4, -0.2) is 12.5 Å². The van der Waals surface area contributed by atoms with Crippen LogP contribution in [0.25, 0.3) is 0 Å². The lowest BCUT2D eigenvalue weighted by Crippen LogP contribution is -2.28. The fourth-order valence-corrected chi connectivity index (χ4v) is 1.74. The summed E-state index contributed by atoms with van der Waals surface area (Å²) >= 11 is 11.7. The molecule has 1 rings (SSSR count). The summed E-state index contributed by atoms with van der Waals surface area (Å²) in [7, 11) is 0. The number of hydrogen-bond acceptors (Lipinski definition) is 2. The van der Waals surface area contributed by atoms with Gasteiger partial charge in [0.05, 0.1) is 16.6 Å². The smallest absolute Gasteiger partial charge is 0.228 e. The van der Waals surface area contributed by atoms with Crippen molar-refractivity contribution in [1.82, 2.24) is 0 Å². The molecule has 0 aromatic heterocycles. The Balaban J connectivity index is 2.76. The summed E-state index contributed by atoms with van der Waals surface area (Å²) in [6.45, 7) is 2.24. The van der Waals surface area contributed by atoms with Crippen LogP contribution in [0.1, 0.15) is 13.3 Å². The van der Waals surface area contributed by atoms with Gasteiger partial charge in [-0.15, -0.1) is 0 Å². The molecule has 1 atom stereocenters. The average Bonchev–Trinajstić information content (AvgIpc) is 2.24. The fourth-order valence-electron chi connectivity index (χ4n) is 1.28. The predicted octanol–water partition coefficient (Wildman–Crippen LogP) is 2.92. The minimum atomic E-state index is -0.188. The Morgan fingerprint density at radius 1 is 1.50 bits per heavy atom. The Morgan fingerprint density at radius 3 is 2.69 bits per heavy atom. The summed E-state index contributed by atoms with van der Waals surface area (Å²) in [5, 5.41) is 3.69. The van der Waals surface area contributed by atoms with E-state index in [4.69, 9.17) is 28.9 Å². The summed E-state index contributed by atoms with van der Waals surface area (Å²) in [5.74, 6) is -0.305. The van der Waals surface area contributed by atoms with Gasteiger partial charge in [0, 0.05) is 11.6 Å². The second-order valence-corrected chi connectivity index (χ2v) is 4.30. The third-order valence-electron chi connectivity index (χ3n) is 2.34. The Morgan fingerprint density at radius 2 is 2.19 bits per heavy atom. The molecule has 1 unspecified atom stereocenters. The first-order chi connectivity index (χ1) is 7.58. The van der Waals surface area contributed by atoms with Crippen molar-refractivity contribution in [3.8, 4) is 0 Å². The highest BCUT2D eigenvalue weighted by Gasteiger charge is 2.15. The van der Waals surface area contributed by atoms with Crippen LogP contribution in [0.5, 0.6) is 0 Å². The number of nitrogens with one attached hydrogen (secondary N) is 1. The van der Waals surface area contributed by atoms with E-state index in [1.54, 1.807) is 18.2 Å². The zero-order valence-corrected chi connectivity index (χ0v) is 10.5. The van der Waals surface area contributed by atoms with E-state index in [1.165, 1.54) is 0 Å². The molecule has 1 amide bonds. The second-order valence-electron chi connectivity index (χ2n) is 3.45. The lowest BCUT2D eigenvalue weighted by molar-refractivity contribution is -0.119. The quantitative estimate of drug-likeness (QED) is 0.875. The largest absolute Gasteiger partial charge is 0.330 e. The van der Waals surface area contributed by atoms with E-state index in [1.807, 2.05) is 6.92 Å². The van der Waals surface area contributed by atoms with Gasteiger partial charge < -0.3 is 11.1 Å². The van der Waals surface area contributed by atoms with Gasteiger partial charge in [-0.2, -0.15) is 0 Å². The van der Waals surface area contributed by atoms with E-state index in [2.05, 4.69) is 5.32 Å². The van der Waals surface area contributed by atoms with Gasteiger partial charge in [0.1, 0.15) is 0 Å². The van der Waals surface area contributed by atoms with Gasteiger partial charge in [-0.3, -0.25) is 4.79 Å². The summed E-state index contributed by atoms with van der Waals surface area (Å²) < 4.78 is 0. The number of rotatable bonds is 4. The SMILES string of the molecule is CCC(CN)C(=O)Nc1ccc(Cl)cc1Cl. The van der Waals surface area contributed by atoms with Gasteiger partial charge in [-0.25, -0.2) is 0 Å². The molecule has 0 bridgehead atoms. The molecule has 0 fully saturated rings. The van der Waals surface area contributed by atoms with Crippen molar-refractivity contribution in [3.05, 3.63) is 28.2 Å². The molecule has 1 aromatic rings. The third kappa shape index (κ3) is 3.37. The molecule has 1 aromatic carbocycles. The molecule has 0 aliphatic rings. The normalized spacial score (nSPS) is 12.2. The maximum absolute atomic E-state index is 11.7. The molecular weight excluding hydrogens is 247 g/mol. The molecule has 0 aliphatic heterocycles. The van der Waals surface area contributed by atoms with Gasteiger partial charge in [-0.05, 0) is 24.6 Å². The van der Waals surface area contributed by atoms with E-state index in [0.29, 0.717) is 28.7 Å². The fraction of sp³-hybridized carbons (Fsp3) is 0.364. The first-order valence-corrected chi connectivity index (χ1v) is 5.80. The Hall–Kier alpha value is -0.770. The molecule has 16 heavy (non-hydrogen) atoms. The van der Waals surface area contributed by atoms with Crippen molar-refractivity contribution in [2.45, 2.75) is 13.3 Å².